The highest BCUT2D eigenvalue weighted by Gasteiger charge is 2.33. The quantitative estimate of drug-likeness (QED) is 0.639. The number of allylic oxidation sites excluding steroid dienone is 8. The minimum Gasteiger partial charge on any atom is -0.0840 e. The normalized spacial score (nSPS) is 31.3. The summed E-state index contributed by atoms with van der Waals surface area (Å²) < 4.78 is 0. The van der Waals surface area contributed by atoms with Crippen molar-refractivity contribution in [2.75, 3.05) is 0 Å². The molecular weight excluding hydrogens is 244 g/mol. The molecule has 0 heterocycles. The lowest BCUT2D eigenvalue weighted by Crippen LogP contribution is -2.23. The third kappa shape index (κ3) is 2.71. The van der Waals surface area contributed by atoms with Crippen LogP contribution in [0, 0.1) is 5.92 Å². The molecule has 0 aromatic carbocycles. The van der Waals surface area contributed by atoms with Crippen molar-refractivity contribution in [1.29, 1.82) is 0 Å². The zero-order chi connectivity index (χ0) is 14.0. The Morgan fingerprint density at radius 3 is 2.42 bits per heavy atom. The molecule has 0 radical (unpaired) electrons. The third-order valence-corrected chi connectivity index (χ3v) is 8.43. The van der Waals surface area contributed by atoms with Crippen molar-refractivity contribution < 1.29 is 0 Å². The molecule has 2 atom stereocenters. The summed E-state index contributed by atoms with van der Waals surface area (Å²) in [6.07, 6.45) is 13.3. The molecule has 0 bridgehead atoms. The largest absolute Gasteiger partial charge is 0.0840 e. The molecule has 0 aromatic rings. The highest BCUT2D eigenvalue weighted by atomic mass is 28.2. The van der Waals surface area contributed by atoms with Gasteiger partial charge in [0.1, 0.15) is 0 Å². The molecular formula is C18H28Si. The molecule has 1 heteroatoms. The molecule has 0 saturated carbocycles. The van der Waals surface area contributed by atoms with Gasteiger partial charge < -0.3 is 0 Å². The summed E-state index contributed by atoms with van der Waals surface area (Å²) in [4.78, 5) is 0. The standard InChI is InChI=1S/C18H28Si/c1-6-10-18(11-8-7-9-12-18)19-17-15(4)13(2)14(3)16(17)5/h7-9,11,15H,6,10,12,19H2,1-5H3. The van der Waals surface area contributed by atoms with Crippen LogP contribution < -0.4 is 0 Å². The van der Waals surface area contributed by atoms with Crippen molar-refractivity contribution in [3.8, 4) is 0 Å². The second-order valence-corrected chi connectivity index (χ2v) is 8.98. The van der Waals surface area contributed by atoms with E-state index in [2.05, 4.69) is 58.9 Å². The second-order valence-electron chi connectivity index (χ2n) is 6.46. The Morgan fingerprint density at radius 1 is 1.21 bits per heavy atom. The summed E-state index contributed by atoms with van der Waals surface area (Å²) in [5, 5.41) is 2.34. The predicted molar refractivity (Wildman–Crippen MR) is 89.3 cm³/mol. The molecule has 104 valence electrons. The molecule has 0 amide bonds. The Labute approximate surface area is 121 Å². The first-order chi connectivity index (χ1) is 9.01. The van der Waals surface area contributed by atoms with Crippen LogP contribution in [0.2, 0.25) is 5.04 Å². The summed E-state index contributed by atoms with van der Waals surface area (Å²) in [5.41, 5.74) is 4.80. The van der Waals surface area contributed by atoms with Gasteiger partial charge in [-0.3, -0.25) is 0 Å². The lowest BCUT2D eigenvalue weighted by molar-refractivity contribution is 0.598. The summed E-state index contributed by atoms with van der Waals surface area (Å²) >= 11 is 0. The van der Waals surface area contributed by atoms with Crippen molar-refractivity contribution in [1.82, 2.24) is 0 Å². The van der Waals surface area contributed by atoms with Gasteiger partial charge in [0.2, 0.25) is 0 Å². The van der Waals surface area contributed by atoms with Crippen LogP contribution in [0.15, 0.2) is 46.2 Å². The van der Waals surface area contributed by atoms with Crippen molar-refractivity contribution >= 4 is 9.52 Å². The third-order valence-electron chi connectivity index (χ3n) is 5.32. The minimum absolute atomic E-state index is 0.234. The number of rotatable bonds is 4. The fraction of sp³-hybridized carbons (Fsp3) is 0.556. The lowest BCUT2D eigenvalue weighted by Gasteiger charge is -2.33. The van der Waals surface area contributed by atoms with Crippen LogP contribution in [0.3, 0.4) is 0 Å². The van der Waals surface area contributed by atoms with Gasteiger partial charge in [0, 0.05) is 0 Å². The van der Waals surface area contributed by atoms with E-state index < -0.39 is 0 Å². The van der Waals surface area contributed by atoms with Crippen LogP contribution in [-0.2, 0) is 0 Å². The van der Waals surface area contributed by atoms with Gasteiger partial charge in [-0.05, 0) is 50.1 Å². The highest BCUT2D eigenvalue weighted by molar-refractivity contribution is 6.51. The first-order valence-electron chi connectivity index (χ1n) is 7.72. The Hall–Kier alpha value is -0.823. The Bertz CT molecular complexity index is 476. The van der Waals surface area contributed by atoms with Gasteiger partial charge in [0.25, 0.3) is 0 Å². The van der Waals surface area contributed by atoms with Gasteiger partial charge in [0.05, 0.1) is 9.52 Å². The molecule has 0 N–H and O–H groups in total. The zero-order valence-electron chi connectivity index (χ0n) is 13.2. The fourth-order valence-electron chi connectivity index (χ4n) is 3.72. The van der Waals surface area contributed by atoms with Crippen LogP contribution in [0.1, 0.15) is 53.9 Å². The SMILES string of the molecule is CCCC1([SiH2]C2=C(C)C(C)=C(C)C2C)C=CC=CC1. The molecule has 2 unspecified atom stereocenters. The van der Waals surface area contributed by atoms with Gasteiger partial charge in [-0.2, -0.15) is 0 Å². The average Bonchev–Trinajstić information content (AvgIpc) is 2.58. The van der Waals surface area contributed by atoms with E-state index in [4.69, 9.17) is 0 Å². The van der Waals surface area contributed by atoms with E-state index in [1.807, 2.05) is 5.20 Å². The van der Waals surface area contributed by atoms with Crippen LogP contribution in [0.5, 0.6) is 0 Å². The maximum absolute atomic E-state index is 2.53. The maximum atomic E-state index is 2.53. The summed E-state index contributed by atoms with van der Waals surface area (Å²) in [7, 11) is -0.234. The van der Waals surface area contributed by atoms with E-state index in [0.29, 0.717) is 11.0 Å². The maximum Gasteiger partial charge on any atom is 0.0619 e. The number of hydrogen-bond donors (Lipinski definition) is 0. The van der Waals surface area contributed by atoms with Crippen molar-refractivity contribution in [2.24, 2.45) is 5.92 Å². The fourth-order valence-corrected chi connectivity index (χ4v) is 6.72. The van der Waals surface area contributed by atoms with Crippen molar-refractivity contribution in [2.45, 2.75) is 58.9 Å². The van der Waals surface area contributed by atoms with Gasteiger partial charge >= 0.3 is 0 Å². The number of hydrogen-bond acceptors (Lipinski definition) is 0. The molecule has 0 saturated heterocycles. The van der Waals surface area contributed by atoms with E-state index in [-0.39, 0.29) is 9.52 Å². The van der Waals surface area contributed by atoms with Crippen LogP contribution in [0.4, 0.5) is 0 Å². The van der Waals surface area contributed by atoms with E-state index in [1.165, 1.54) is 19.3 Å². The first kappa shape index (κ1) is 14.6. The Kier molecular flexibility index (Phi) is 4.35. The summed E-state index contributed by atoms with van der Waals surface area (Å²) in [6, 6.07) is 0. The van der Waals surface area contributed by atoms with E-state index in [0.717, 1.165) is 0 Å². The average molecular weight is 273 g/mol. The van der Waals surface area contributed by atoms with E-state index in [9.17, 15) is 0 Å². The molecule has 19 heavy (non-hydrogen) atoms. The zero-order valence-corrected chi connectivity index (χ0v) is 14.6. The smallest absolute Gasteiger partial charge is 0.0619 e. The first-order valence-corrected chi connectivity index (χ1v) is 9.14. The molecule has 0 nitrogen and oxygen atoms in total. The predicted octanol–water partition coefficient (Wildman–Crippen LogP) is 4.89. The van der Waals surface area contributed by atoms with Gasteiger partial charge in [0.15, 0.2) is 0 Å². The van der Waals surface area contributed by atoms with Crippen LogP contribution in [-0.4, -0.2) is 9.52 Å². The van der Waals surface area contributed by atoms with Gasteiger partial charge in [-0.1, -0.05) is 60.9 Å². The highest BCUT2D eigenvalue weighted by Crippen LogP contribution is 2.46. The topological polar surface area (TPSA) is 0 Å². The summed E-state index contributed by atoms with van der Waals surface area (Å²) in [6.45, 7) is 11.7. The van der Waals surface area contributed by atoms with E-state index >= 15 is 0 Å². The van der Waals surface area contributed by atoms with Crippen LogP contribution >= 0.6 is 0 Å². The van der Waals surface area contributed by atoms with Gasteiger partial charge in [-0.15, -0.1) is 0 Å². The molecule has 0 aromatic heterocycles. The van der Waals surface area contributed by atoms with Crippen LogP contribution in [0.25, 0.3) is 0 Å². The second kappa shape index (κ2) is 5.66. The Morgan fingerprint density at radius 2 is 1.95 bits per heavy atom. The molecule has 0 fully saturated rings. The van der Waals surface area contributed by atoms with Crippen molar-refractivity contribution in [3.63, 3.8) is 0 Å². The summed E-state index contributed by atoms with van der Waals surface area (Å²) in [5.74, 6) is 0.708. The Balaban J connectivity index is 2.25. The van der Waals surface area contributed by atoms with E-state index in [1.54, 1.807) is 16.7 Å². The monoisotopic (exact) mass is 272 g/mol. The van der Waals surface area contributed by atoms with Gasteiger partial charge in [-0.25, -0.2) is 0 Å². The molecule has 2 aliphatic rings. The molecule has 0 aliphatic heterocycles. The lowest BCUT2D eigenvalue weighted by atomic mass is 9.94. The molecule has 0 spiro atoms. The molecule has 2 aliphatic carbocycles. The van der Waals surface area contributed by atoms with Crippen molar-refractivity contribution in [3.05, 3.63) is 46.2 Å². The molecule has 2 rings (SSSR count). The minimum atomic E-state index is -0.234.